The third kappa shape index (κ3) is 1.59. The zero-order chi connectivity index (χ0) is 9.14. The lowest BCUT2D eigenvalue weighted by Gasteiger charge is -2.07. The fourth-order valence-electron chi connectivity index (χ4n) is 1.19. The molecule has 0 aromatic heterocycles. The first-order valence-electron chi connectivity index (χ1n) is 3.77. The van der Waals surface area contributed by atoms with Gasteiger partial charge >= 0.3 is 0 Å². The van der Waals surface area contributed by atoms with Gasteiger partial charge in [0.2, 0.25) is 0 Å². The summed E-state index contributed by atoms with van der Waals surface area (Å²) in [5.74, 6) is -0.390. The van der Waals surface area contributed by atoms with Gasteiger partial charge in [0.15, 0.2) is 0 Å². The van der Waals surface area contributed by atoms with Gasteiger partial charge in [0.1, 0.15) is 5.82 Å². The molecule has 0 atom stereocenters. The predicted octanol–water partition coefficient (Wildman–Crippen LogP) is 2.53. The molecular formula is C9H10ClFO. The molecule has 0 spiro atoms. The Morgan fingerprint density at radius 3 is 2.50 bits per heavy atom. The monoisotopic (exact) mass is 188 g/mol. The second kappa shape index (κ2) is 3.87. The summed E-state index contributed by atoms with van der Waals surface area (Å²) in [4.78, 5) is 0. The molecule has 0 saturated heterocycles. The Kier molecular flexibility index (Phi) is 3.06. The smallest absolute Gasteiger partial charge is 0.129 e. The Morgan fingerprint density at radius 1 is 1.42 bits per heavy atom. The fourth-order valence-corrected chi connectivity index (χ4v) is 1.50. The molecule has 66 valence electrons. The molecule has 1 nitrogen and oxygen atoms in total. The van der Waals surface area contributed by atoms with E-state index < -0.39 is 5.82 Å². The fraction of sp³-hybridized carbons (Fsp3) is 0.333. The number of rotatable bonds is 2. The SMILES string of the molecule is CCc1c(Cl)ccc(F)c1CO. The van der Waals surface area contributed by atoms with Crippen molar-refractivity contribution in [1.82, 2.24) is 0 Å². The van der Waals surface area contributed by atoms with Gasteiger partial charge in [-0.2, -0.15) is 0 Å². The minimum atomic E-state index is -0.390. The highest BCUT2D eigenvalue weighted by Gasteiger charge is 2.09. The molecule has 0 bridgehead atoms. The van der Waals surface area contributed by atoms with Gasteiger partial charge in [0, 0.05) is 10.6 Å². The summed E-state index contributed by atoms with van der Waals surface area (Å²) >= 11 is 5.80. The molecule has 1 aromatic carbocycles. The van der Waals surface area contributed by atoms with Crippen molar-refractivity contribution in [3.05, 3.63) is 34.1 Å². The summed E-state index contributed by atoms with van der Waals surface area (Å²) in [6.45, 7) is 1.58. The van der Waals surface area contributed by atoms with E-state index in [4.69, 9.17) is 16.7 Å². The normalized spacial score (nSPS) is 10.3. The summed E-state index contributed by atoms with van der Waals surface area (Å²) in [7, 11) is 0. The number of hydrogen-bond acceptors (Lipinski definition) is 1. The Morgan fingerprint density at radius 2 is 2.08 bits per heavy atom. The Bertz CT molecular complexity index is 257. The van der Waals surface area contributed by atoms with Crippen LogP contribution in [0.2, 0.25) is 5.02 Å². The van der Waals surface area contributed by atoms with Crippen LogP contribution < -0.4 is 0 Å². The first-order chi connectivity index (χ1) is 5.70. The molecule has 1 N–H and O–H groups in total. The van der Waals surface area contributed by atoms with E-state index in [9.17, 15) is 4.39 Å². The van der Waals surface area contributed by atoms with Crippen molar-refractivity contribution in [2.45, 2.75) is 20.0 Å². The second-order valence-corrected chi connectivity index (χ2v) is 2.91. The van der Waals surface area contributed by atoms with E-state index in [-0.39, 0.29) is 6.61 Å². The molecule has 0 amide bonds. The highest BCUT2D eigenvalue weighted by molar-refractivity contribution is 6.31. The largest absolute Gasteiger partial charge is 0.392 e. The number of aliphatic hydroxyl groups excluding tert-OH is 1. The number of halogens is 2. The lowest BCUT2D eigenvalue weighted by molar-refractivity contribution is 0.274. The Labute approximate surface area is 75.8 Å². The first kappa shape index (κ1) is 9.49. The average molecular weight is 189 g/mol. The van der Waals surface area contributed by atoms with Gasteiger partial charge in [0.05, 0.1) is 6.61 Å². The second-order valence-electron chi connectivity index (χ2n) is 2.50. The zero-order valence-electron chi connectivity index (χ0n) is 6.77. The van der Waals surface area contributed by atoms with Crippen LogP contribution in [0.3, 0.4) is 0 Å². The van der Waals surface area contributed by atoms with Crippen LogP contribution in [0.5, 0.6) is 0 Å². The van der Waals surface area contributed by atoms with Crippen molar-refractivity contribution in [3.8, 4) is 0 Å². The summed E-state index contributed by atoms with van der Waals surface area (Å²) in [6, 6.07) is 2.78. The summed E-state index contributed by atoms with van der Waals surface area (Å²) < 4.78 is 13.0. The Hall–Kier alpha value is -0.600. The highest BCUT2D eigenvalue weighted by atomic mass is 35.5. The minimum Gasteiger partial charge on any atom is -0.392 e. The van der Waals surface area contributed by atoms with E-state index in [0.717, 1.165) is 0 Å². The van der Waals surface area contributed by atoms with Gasteiger partial charge in [-0.25, -0.2) is 4.39 Å². The molecule has 0 aliphatic carbocycles. The van der Waals surface area contributed by atoms with Gasteiger partial charge in [-0.05, 0) is 24.1 Å². The molecule has 0 heterocycles. The lowest BCUT2D eigenvalue weighted by Crippen LogP contribution is -1.97. The van der Waals surface area contributed by atoms with Crippen LogP contribution in [0.15, 0.2) is 12.1 Å². The maximum Gasteiger partial charge on any atom is 0.129 e. The first-order valence-corrected chi connectivity index (χ1v) is 4.15. The van der Waals surface area contributed by atoms with Gasteiger partial charge in [-0.3, -0.25) is 0 Å². The van der Waals surface area contributed by atoms with Crippen LogP contribution in [0, 0.1) is 5.82 Å². The van der Waals surface area contributed by atoms with Crippen LogP contribution in [0.4, 0.5) is 4.39 Å². The van der Waals surface area contributed by atoms with Crippen LogP contribution in [-0.4, -0.2) is 5.11 Å². The van der Waals surface area contributed by atoms with Crippen LogP contribution in [0.1, 0.15) is 18.1 Å². The predicted molar refractivity (Wildman–Crippen MR) is 46.7 cm³/mol. The van der Waals surface area contributed by atoms with Crippen molar-refractivity contribution in [1.29, 1.82) is 0 Å². The molecule has 1 rings (SSSR count). The molecule has 3 heteroatoms. The topological polar surface area (TPSA) is 20.2 Å². The third-order valence-electron chi connectivity index (χ3n) is 1.83. The van der Waals surface area contributed by atoms with E-state index in [1.165, 1.54) is 12.1 Å². The third-order valence-corrected chi connectivity index (χ3v) is 2.18. The van der Waals surface area contributed by atoms with Crippen molar-refractivity contribution >= 4 is 11.6 Å². The van der Waals surface area contributed by atoms with Crippen LogP contribution >= 0.6 is 11.6 Å². The Balaban J connectivity index is 3.28. The quantitative estimate of drug-likeness (QED) is 0.756. The number of aliphatic hydroxyl groups is 1. The molecule has 0 aliphatic rings. The molecule has 12 heavy (non-hydrogen) atoms. The molecule has 1 aromatic rings. The van der Waals surface area contributed by atoms with E-state index >= 15 is 0 Å². The van der Waals surface area contributed by atoms with Gasteiger partial charge in [-0.15, -0.1) is 0 Å². The number of hydrogen-bond donors (Lipinski definition) is 1. The van der Waals surface area contributed by atoms with Crippen molar-refractivity contribution in [2.75, 3.05) is 0 Å². The van der Waals surface area contributed by atoms with Crippen LogP contribution in [0.25, 0.3) is 0 Å². The molecule has 0 fully saturated rings. The molecule has 0 radical (unpaired) electrons. The van der Waals surface area contributed by atoms with Crippen molar-refractivity contribution in [2.24, 2.45) is 0 Å². The van der Waals surface area contributed by atoms with Gasteiger partial charge < -0.3 is 5.11 Å². The summed E-state index contributed by atoms with van der Waals surface area (Å²) in [6.07, 6.45) is 0.631. The number of benzene rings is 1. The molecule has 0 unspecified atom stereocenters. The van der Waals surface area contributed by atoms with E-state index in [0.29, 0.717) is 22.6 Å². The lowest BCUT2D eigenvalue weighted by atomic mass is 10.1. The minimum absolute atomic E-state index is 0.296. The molecular weight excluding hydrogens is 179 g/mol. The molecule has 0 aliphatic heterocycles. The average Bonchev–Trinajstić information content (AvgIpc) is 2.08. The van der Waals surface area contributed by atoms with Gasteiger partial charge in [-0.1, -0.05) is 18.5 Å². The maximum absolute atomic E-state index is 13.0. The summed E-state index contributed by atoms with van der Waals surface area (Å²) in [5, 5.41) is 9.37. The van der Waals surface area contributed by atoms with Crippen molar-refractivity contribution in [3.63, 3.8) is 0 Å². The van der Waals surface area contributed by atoms with Crippen LogP contribution in [-0.2, 0) is 13.0 Å². The molecule has 0 saturated carbocycles. The van der Waals surface area contributed by atoms with E-state index in [1.54, 1.807) is 0 Å². The summed E-state index contributed by atoms with van der Waals surface area (Å²) in [5.41, 5.74) is 1.00. The van der Waals surface area contributed by atoms with E-state index in [1.807, 2.05) is 6.92 Å². The maximum atomic E-state index is 13.0. The van der Waals surface area contributed by atoms with E-state index in [2.05, 4.69) is 0 Å². The van der Waals surface area contributed by atoms with Gasteiger partial charge in [0.25, 0.3) is 0 Å². The highest BCUT2D eigenvalue weighted by Crippen LogP contribution is 2.23. The van der Waals surface area contributed by atoms with Crippen molar-refractivity contribution < 1.29 is 9.50 Å². The standard InChI is InChI=1S/C9H10ClFO/c1-2-6-7(5-12)9(11)4-3-8(6)10/h3-4,12H,2,5H2,1H3. The zero-order valence-corrected chi connectivity index (χ0v) is 7.53.